The number of benzene rings is 2. The fraction of sp³-hybridized carbons (Fsp3) is 0.0769. The second kappa shape index (κ2) is 4.05. The van der Waals surface area contributed by atoms with Gasteiger partial charge in [0.05, 0.1) is 0 Å². The first-order valence-corrected chi connectivity index (χ1v) is 4.78. The Bertz CT molecular complexity index is 386. The number of hydrogen-bond donors (Lipinski definition) is 1. The molecule has 2 aromatic rings. The molecule has 2 nitrogen and oxygen atoms in total. The van der Waals surface area contributed by atoms with E-state index < -0.39 is 0 Å². The van der Waals surface area contributed by atoms with Crippen molar-refractivity contribution in [3.63, 3.8) is 0 Å². The van der Waals surface area contributed by atoms with Gasteiger partial charge in [-0.3, -0.25) is 0 Å². The molecule has 0 heterocycles. The molecule has 15 heavy (non-hydrogen) atoms. The molecule has 0 radical (unpaired) electrons. The highest BCUT2D eigenvalue weighted by atomic mass is 16.3. The molecule has 1 N–H and O–H groups in total. The van der Waals surface area contributed by atoms with Crippen molar-refractivity contribution >= 4 is 0 Å². The van der Waals surface area contributed by atoms with Gasteiger partial charge in [0.2, 0.25) is 0 Å². The molecule has 0 saturated carbocycles. The van der Waals surface area contributed by atoms with E-state index in [1.165, 1.54) is 0 Å². The van der Waals surface area contributed by atoms with Gasteiger partial charge in [0.25, 0.3) is 0 Å². The van der Waals surface area contributed by atoms with Crippen LogP contribution in [0.2, 0.25) is 0 Å². The van der Waals surface area contributed by atoms with E-state index >= 15 is 0 Å². The van der Waals surface area contributed by atoms with Crippen molar-refractivity contribution in [3.05, 3.63) is 59.7 Å². The van der Waals surface area contributed by atoms with Crippen molar-refractivity contribution < 1.29 is 10.2 Å². The molecule has 0 bridgehead atoms. The summed E-state index contributed by atoms with van der Waals surface area (Å²) in [5.41, 5.74) is 2.21. The molecule has 0 aliphatic rings. The zero-order chi connectivity index (χ0) is 10.7. The summed E-state index contributed by atoms with van der Waals surface area (Å²) >= 11 is 0. The highest BCUT2D eigenvalue weighted by Gasteiger charge is 1.95. The largest absolute Gasteiger partial charge is 0.872 e. The molecule has 0 aromatic heterocycles. The Morgan fingerprint density at radius 2 is 1.27 bits per heavy atom. The molecular formula is C13H11O2-. The Kier molecular flexibility index (Phi) is 2.59. The summed E-state index contributed by atoms with van der Waals surface area (Å²) < 4.78 is 0. The van der Waals surface area contributed by atoms with Crippen molar-refractivity contribution in [2.45, 2.75) is 6.42 Å². The number of hydrogen-bond acceptors (Lipinski definition) is 2. The minimum Gasteiger partial charge on any atom is -0.872 e. The van der Waals surface area contributed by atoms with E-state index in [1.807, 2.05) is 24.3 Å². The van der Waals surface area contributed by atoms with E-state index in [0.717, 1.165) is 17.5 Å². The van der Waals surface area contributed by atoms with Crippen LogP contribution >= 0.6 is 0 Å². The highest BCUT2D eigenvalue weighted by molar-refractivity contribution is 5.32. The summed E-state index contributed by atoms with van der Waals surface area (Å²) in [6, 6.07) is 13.9. The smallest absolute Gasteiger partial charge is 0.115 e. The molecule has 0 saturated heterocycles. The maximum atomic E-state index is 10.9. The van der Waals surface area contributed by atoms with E-state index in [-0.39, 0.29) is 11.5 Å². The van der Waals surface area contributed by atoms with E-state index in [0.29, 0.717) is 0 Å². The molecule has 0 aliphatic carbocycles. The van der Waals surface area contributed by atoms with Gasteiger partial charge in [0, 0.05) is 0 Å². The molecule has 2 rings (SSSR count). The first-order chi connectivity index (χ1) is 7.24. The predicted molar refractivity (Wildman–Crippen MR) is 56.8 cm³/mol. The quantitative estimate of drug-likeness (QED) is 0.804. The van der Waals surface area contributed by atoms with Gasteiger partial charge < -0.3 is 10.2 Å². The van der Waals surface area contributed by atoms with E-state index in [4.69, 9.17) is 5.11 Å². The van der Waals surface area contributed by atoms with Crippen LogP contribution in [0.4, 0.5) is 0 Å². The minimum atomic E-state index is 0.0319. The lowest BCUT2D eigenvalue weighted by Crippen LogP contribution is -1.91. The summed E-state index contributed by atoms with van der Waals surface area (Å²) in [5.74, 6) is 0.304. The maximum absolute atomic E-state index is 10.9. The SMILES string of the molecule is [O-]c1ccc(Cc2ccc(O)cc2)cc1. The maximum Gasteiger partial charge on any atom is 0.115 e. The minimum absolute atomic E-state index is 0.0319. The van der Waals surface area contributed by atoms with Crippen LogP contribution in [0, 0.1) is 0 Å². The number of rotatable bonds is 2. The van der Waals surface area contributed by atoms with Crippen molar-refractivity contribution in [1.29, 1.82) is 0 Å². The van der Waals surface area contributed by atoms with Crippen molar-refractivity contribution in [2.24, 2.45) is 0 Å². The molecular weight excluding hydrogens is 188 g/mol. The second-order valence-corrected chi connectivity index (χ2v) is 3.49. The Morgan fingerprint density at radius 1 is 0.800 bits per heavy atom. The number of aromatic hydroxyl groups is 1. The van der Waals surface area contributed by atoms with Crippen LogP contribution in [0.25, 0.3) is 0 Å². The third-order valence-electron chi connectivity index (χ3n) is 2.27. The highest BCUT2D eigenvalue weighted by Crippen LogP contribution is 2.15. The van der Waals surface area contributed by atoms with E-state index in [9.17, 15) is 5.11 Å². The van der Waals surface area contributed by atoms with Crippen molar-refractivity contribution in [1.82, 2.24) is 0 Å². The summed E-state index contributed by atoms with van der Waals surface area (Å²) in [7, 11) is 0. The van der Waals surface area contributed by atoms with Gasteiger partial charge in [-0.05, 0) is 29.7 Å². The molecule has 0 spiro atoms. The average molecular weight is 199 g/mol. The molecule has 76 valence electrons. The Morgan fingerprint density at radius 3 is 1.80 bits per heavy atom. The van der Waals surface area contributed by atoms with Crippen LogP contribution in [0.1, 0.15) is 11.1 Å². The molecule has 2 aromatic carbocycles. The summed E-state index contributed by atoms with van der Waals surface area (Å²) in [4.78, 5) is 0. The third kappa shape index (κ3) is 2.50. The lowest BCUT2D eigenvalue weighted by molar-refractivity contribution is -0.268. The second-order valence-electron chi connectivity index (χ2n) is 3.49. The van der Waals surface area contributed by atoms with Gasteiger partial charge in [-0.1, -0.05) is 36.4 Å². The van der Waals surface area contributed by atoms with Crippen LogP contribution < -0.4 is 5.11 Å². The van der Waals surface area contributed by atoms with Gasteiger partial charge in [-0.25, -0.2) is 0 Å². The molecule has 0 amide bonds. The third-order valence-corrected chi connectivity index (χ3v) is 2.27. The van der Waals surface area contributed by atoms with Crippen LogP contribution in [0.15, 0.2) is 48.5 Å². The summed E-state index contributed by atoms with van der Waals surface area (Å²) in [5, 5.41) is 20.0. The zero-order valence-electron chi connectivity index (χ0n) is 8.18. The Hall–Kier alpha value is -1.96. The lowest BCUT2D eigenvalue weighted by Gasteiger charge is -2.06. The van der Waals surface area contributed by atoms with Gasteiger partial charge in [0.1, 0.15) is 5.75 Å². The molecule has 0 atom stereocenters. The summed E-state index contributed by atoms with van der Waals surface area (Å²) in [6.45, 7) is 0. The topological polar surface area (TPSA) is 43.3 Å². The number of phenols is 1. The van der Waals surface area contributed by atoms with Crippen LogP contribution in [0.3, 0.4) is 0 Å². The van der Waals surface area contributed by atoms with Crippen LogP contribution in [-0.4, -0.2) is 5.11 Å². The summed E-state index contributed by atoms with van der Waals surface area (Å²) in [6.07, 6.45) is 0.778. The molecule has 0 unspecified atom stereocenters. The Balaban J connectivity index is 2.15. The first kappa shape index (κ1) is 9.59. The predicted octanol–water partition coefficient (Wildman–Crippen LogP) is 2.06. The molecule has 0 aliphatic heterocycles. The fourth-order valence-corrected chi connectivity index (χ4v) is 1.46. The average Bonchev–Trinajstić information content (AvgIpc) is 2.25. The Labute approximate surface area is 88.4 Å². The van der Waals surface area contributed by atoms with E-state index in [1.54, 1.807) is 24.3 Å². The molecule has 2 heteroatoms. The zero-order valence-corrected chi connectivity index (χ0v) is 8.18. The van der Waals surface area contributed by atoms with E-state index in [2.05, 4.69) is 0 Å². The van der Waals surface area contributed by atoms with Gasteiger partial charge in [-0.15, -0.1) is 5.75 Å². The van der Waals surface area contributed by atoms with Crippen LogP contribution in [-0.2, 0) is 6.42 Å². The van der Waals surface area contributed by atoms with Crippen molar-refractivity contribution in [3.8, 4) is 11.5 Å². The monoisotopic (exact) mass is 199 g/mol. The van der Waals surface area contributed by atoms with Gasteiger partial charge in [-0.2, -0.15) is 0 Å². The van der Waals surface area contributed by atoms with Crippen molar-refractivity contribution in [2.75, 3.05) is 0 Å². The normalized spacial score (nSPS) is 10.1. The van der Waals surface area contributed by atoms with Gasteiger partial charge in [0.15, 0.2) is 0 Å². The van der Waals surface area contributed by atoms with Crippen LogP contribution in [0.5, 0.6) is 11.5 Å². The fourth-order valence-electron chi connectivity index (χ4n) is 1.46. The lowest BCUT2D eigenvalue weighted by atomic mass is 10.1. The first-order valence-electron chi connectivity index (χ1n) is 4.78. The standard InChI is InChI=1S/C13H12O2/c14-12-5-1-10(2-6-12)9-11-3-7-13(15)8-4-11/h1-8,14-15H,9H2/p-1. The molecule has 0 fully saturated rings. The number of phenolic OH excluding ortho intramolecular Hbond substituents is 1. The van der Waals surface area contributed by atoms with Gasteiger partial charge >= 0.3 is 0 Å².